The van der Waals surface area contributed by atoms with Gasteiger partial charge in [-0.2, -0.15) is 0 Å². The van der Waals surface area contributed by atoms with Gasteiger partial charge in [0, 0.05) is 12.7 Å². The van der Waals surface area contributed by atoms with E-state index in [9.17, 15) is 10.2 Å². The quantitative estimate of drug-likeness (QED) is 0.311. The van der Waals surface area contributed by atoms with Crippen molar-refractivity contribution in [2.45, 2.75) is 37.9 Å². The minimum Gasteiger partial charge on any atom is -0.853 e. The Bertz CT molecular complexity index is 186. The fourth-order valence-electron chi connectivity index (χ4n) is 1.89. The largest absolute Gasteiger partial charge is 1.00 e. The summed E-state index contributed by atoms with van der Waals surface area (Å²) in [7, 11) is 0. The van der Waals surface area contributed by atoms with Crippen molar-refractivity contribution in [3.8, 4) is 0 Å². The van der Waals surface area contributed by atoms with Crippen molar-refractivity contribution in [1.82, 2.24) is 0 Å². The average molecular weight is 324 g/mol. The maximum atomic E-state index is 11.5. The van der Waals surface area contributed by atoms with E-state index in [1.54, 1.807) is 0 Å². The molecule has 0 radical (unpaired) electrons. The monoisotopic (exact) mass is 324 g/mol. The van der Waals surface area contributed by atoms with Gasteiger partial charge < -0.3 is 24.4 Å². The minimum absolute atomic E-state index is 0. The molecule has 0 aliphatic heterocycles. The molecule has 1 aliphatic rings. The Morgan fingerprint density at radius 3 is 2.05 bits per heavy atom. The molecule has 0 heterocycles. The normalized spacial score (nSPS) is 22.4. The summed E-state index contributed by atoms with van der Waals surface area (Å²) in [6, 6.07) is 0. The van der Waals surface area contributed by atoms with E-state index in [0.717, 1.165) is 25.7 Å². The number of ether oxygens (including phenoxy) is 3. The van der Waals surface area contributed by atoms with E-state index in [4.69, 9.17) is 14.2 Å². The maximum Gasteiger partial charge on any atom is 1.00 e. The zero-order chi connectivity index (χ0) is 12.3. The van der Waals surface area contributed by atoms with Gasteiger partial charge in [0.05, 0.1) is 26.4 Å². The second-order valence-corrected chi connectivity index (χ2v) is 4.16. The van der Waals surface area contributed by atoms with Crippen LogP contribution in [0.15, 0.2) is 0 Å². The molecule has 0 aromatic rings. The first kappa shape index (κ1) is 24.3. The van der Waals surface area contributed by atoms with E-state index >= 15 is 0 Å². The Hall–Kier alpha value is 3.07. The predicted molar refractivity (Wildman–Crippen MR) is 58.5 cm³/mol. The van der Waals surface area contributed by atoms with E-state index in [1.807, 2.05) is 0 Å². The third kappa shape index (κ3) is 13.2. The summed E-state index contributed by atoms with van der Waals surface area (Å²) in [5.41, 5.74) is 0. The molecule has 0 saturated heterocycles. The molecular weight excluding hydrogens is 302 g/mol. The Balaban J connectivity index is 0. The van der Waals surface area contributed by atoms with Crippen LogP contribution in [0.1, 0.15) is 25.7 Å². The van der Waals surface area contributed by atoms with E-state index < -0.39 is 6.10 Å². The molecule has 1 rings (SSSR count). The molecule has 0 aromatic heterocycles. The van der Waals surface area contributed by atoms with Gasteiger partial charge in [-0.1, -0.05) is 25.4 Å². The van der Waals surface area contributed by atoms with Gasteiger partial charge in [0.15, 0.2) is 0 Å². The fraction of sp³-hybridized carbons (Fsp3) is 1.00. The van der Waals surface area contributed by atoms with Crippen LogP contribution in [0.2, 0.25) is 0 Å². The van der Waals surface area contributed by atoms with Crippen LogP contribution < -0.4 is 113 Å². The van der Waals surface area contributed by atoms with Crippen LogP contribution in [0.3, 0.4) is 0 Å². The smallest absolute Gasteiger partial charge is 0.853 e. The summed E-state index contributed by atoms with van der Waals surface area (Å²) in [5.74, 6) is 0. The Kier molecular flexibility index (Phi) is 22.3. The van der Waals surface area contributed by atoms with Crippen molar-refractivity contribution < 1.29 is 127 Å². The molecule has 1 fully saturated rings. The van der Waals surface area contributed by atoms with Crippen molar-refractivity contribution in [2.24, 2.45) is 0 Å². The Morgan fingerprint density at radius 2 is 1.42 bits per heavy atom. The number of hydrogen-bond acceptors (Lipinski definition) is 5. The summed E-state index contributed by atoms with van der Waals surface area (Å²) in [5, 5.41) is 21.6. The number of hydrogen-bond donors (Lipinski definition) is 0. The molecule has 2 unspecified atom stereocenters. The minimum atomic E-state index is -0.566. The van der Waals surface area contributed by atoms with E-state index in [0.29, 0.717) is 26.4 Å². The predicted octanol–water partition coefficient (Wildman–Crippen LogP) is -6.92. The molecule has 1 saturated carbocycles. The first-order valence-electron chi connectivity index (χ1n) is 6.35. The van der Waals surface area contributed by atoms with Gasteiger partial charge in [-0.15, -0.1) is 6.61 Å². The average Bonchev–Trinajstić information content (AvgIpc) is 2.35. The first-order valence-corrected chi connectivity index (χ1v) is 6.35. The van der Waals surface area contributed by atoms with Gasteiger partial charge in [-0.3, -0.25) is 0 Å². The molecule has 0 bridgehead atoms. The van der Waals surface area contributed by atoms with Crippen LogP contribution in [0.5, 0.6) is 0 Å². The summed E-state index contributed by atoms with van der Waals surface area (Å²) < 4.78 is 15.7. The van der Waals surface area contributed by atoms with Crippen LogP contribution in [-0.2, 0) is 14.2 Å². The molecule has 1 aliphatic carbocycles. The van der Waals surface area contributed by atoms with Crippen molar-refractivity contribution in [2.75, 3.05) is 39.6 Å². The van der Waals surface area contributed by atoms with Gasteiger partial charge in [-0.25, -0.2) is 0 Å². The van der Waals surface area contributed by atoms with E-state index in [1.165, 1.54) is 0 Å². The van der Waals surface area contributed by atoms with Gasteiger partial charge in [0.25, 0.3) is 0 Å². The van der Waals surface area contributed by atoms with Crippen LogP contribution in [-0.4, -0.2) is 51.8 Å². The van der Waals surface area contributed by atoms with Crippen molar-refractivity contribution in [1.29, 1.82) is 0 Å². The van der Waals surface area contributed by atoms with Crippen molar-refractivity contribution in [3.05, 3.63) is 0 Å². The van der Waals surface area contributed by atoms with Crippen LogP contribution in [0.4, 0.5) is 0 Å². The van der Waals surface area contributed by atoms with Gasteiger partial charge in [0.1, 0.15) is 0 Å². The van der Waals surface area contributed by atoms with E-state index in [-0.39, 0.29) is 122 Å². The van der Waals surface area contributed by atoms with Crippen LogP contribution >= 0.6 is 0 Å². The summed E-state index contributed by atoms with van der Waals surface area (Å²) in [4.78, 5) is 0. The second kappa shape index (κ2) is 17.4. The summed E-state index contributed by atoms with van der Waals surface area (Å²) in [6.45, 7) is 1.87. The fourth-order valence-corrected chi connectivity index (χ4v) is 1.89. The molecule has 0 spiro atoms. The van der Waals surface area contributed by atoms with Gasteiger partial charge >= 0.3 is 103 Å². The zero-order valence-corrected chi connectivity index (χ0v) is 18.5. The topological polar surface area (TPSA) is 73.8 Å². The third-order valence-corrected chi connectivity index (χ3v) is 2.80. The van der Waals surface area contributed by atoms with Crippen molar-refractivity contribution >= 4 is 0 Å². The summed E-state index contributed by atoms with van der Waals surface area (Å²) >= 11 is 0. The Labute approximate surface area is 201 Å². The molecule has 102 valence electrons. The first-order chi connectivity index (χ1) is 8.34. The van der Waals surface area contributed by atoms with Gasteiger partial charge in [-0.05, 0) is 6.42 Å². The third-order valence-electron chi connectivity index (χ3n) is 2.80. The number of rotatable bonds is 9. The van der Waals surface area contributed by atoms with Crippen LogP contribution in [0, 0.1) is 0 Å². The zero-order valence-electron chi connectivity index (χ0n) is 12.3. The molecule has 5 nitrogen and oxygen atoms in total. The molecule has 0 aromatic carbocycles. The standard InChI is InChI=1S/C12H22O5.2K/c13-5-6-15-7-8-16-9-10-17-12-4-2-1-3-11(12)14;;/h11-12H,1-10H2;;/q-2;2*+1. The van der Waals surface area contributed by atoms with Crippen LogP contribution in [0.25, 0.3) is 0 Å². The molecule has 0 amide bonds. The molecule has 2 atom stereocenters. The second-order valence-electron chi connectivity index (χ2n) is 4.16. The SMILES string of the molecule is [K+].[K+].[O-]CCOCCOCCOC1CCCCC1[O-]. The van der Waals surface area contributed by atoms with Gasteiger partial charge in [0.2, 0.25) is 0 Å². The summed E-state index contributed by atoms with van der Waals surface area (Å²) in [6.07, 6.45) is 3.03. The van der Waals surface area contributed by atoms with E-state index in [2.05, 4.69) is 0 Å². The Morgan fingerprint density at radius 1 is 0.842 bits per heavy atom. The molecule has 19 heavy (non-hydrogen) atoms. The van der Waals surface area contributed by atoms with Crippen molar-refractivity contribution in [3.63, 3.8) is 0 Å². The molecule has 0 N–H and O–H groups in total. The maximum absolute atomic E-state index is 11.5. The molecule has 7 heteroatoms. The molecular formula is C12H22K2O5.